The van der Waals surface area contributed by atoms with E-state index in [2.05, 4.69) is 80.4 Å². The molecule has 0 amide bonds. The summed E-state index contributed by atoms with van der Waals surface area (Å²) in [5.41, 5.74) is 1.30. The fourth-order valence-electron chi connectivity index (χ4n) is 2.27. The Labute approximate surface area is 133 Å². The average Bonchev–Trinajstić information content (AvgIpc) is 2.98. The van der Waals surface area contributed by atoms with Gasteiger partial charge in [-0.1, -0.05) is 63.2 Å². The van der Waals surface area contributed by atoms with E-state index in [-0.39, 0.29) is 11.5 Å². The van der Waals surface area contributed by atoms with Crippen molar-refractivity contribution >= 4 is 0 Å². The Morgan fingerprint density at radius 3 is 2.41 bits per heavy atom. The first-order chi connectivity index (χ1) is 10.4. The van der Waals surface area contributed by atoms with Crippen molar-refractivity contribution < 1.29 is 4.52 Å². The molecule has 0 fully saturated rings. The molecule has 1 N–H and O–H groups in total. The van der Waals surface area contributed by atoms with Gasteiger partial charge in [0.25, 0.3) is 0 Å². The lowest BCUT2D eigenvalue weighted by Crippen LogP contribution is -2.22. The van der Waals surface area contributed by atoms with Crippen LogP contribution in [0, 0.1) is 0 Å². The van der Waals surface area contributed by atoms with Crippen molar-refractivity contribution in [2.75, 3.05) is 6.54 Å². The molecule has 4 heteroatoms. The summed E-state index contributed by atoms with van der Waals surface area (Å²) in [5, 5.41) is 7.54. The number of nitrogens with zero attached hydrogens (tertiary/aromatic N) is 2. The number of hydrogen-bond acceptors (Lipinski definition) is 4. The summed E-state index contributed by atoms with van der Waals surface area (Å²) in [4.78, 5) is 4.50. The van der Waals surface area contributed by atoms with Crippen LogP contribution in [0.5, 0.6) is 0 Å². The summed E-state index contributed by atoms with van der Waals surface area (Å²) in [6.45, 7) is 11.5. The SMILES string of the molecule is CC(CCNC(C)c1nc(C(C)(C)C)no1)c1ccccc1. The number of aromatic nitrogens is 2. The van der Waals surface area contributed by atoms with Crippen molar-refractivity contribution in [2.45, 2.75) is 58.4 Å². The number of benzene rings is 1. The monoisotopic (exact) mass is 301 g/mol. The van der Waals surface area contributed by atoms with Crippen molar-refractivity contribution in [1.29, 1.82) is 0 Å². The van der Waals surface area contributed by atoms with Crippen molar-refractivity contribution in [3.8, 4) is 0 Å². The molecule has 0 saturated carbocycles. The summed E-state index contributed by atoms with van der Waals surface area (Å²) in [6.07, 6.45) is 1.08. The van der Waals surface area contributed by atoms with Gasteiger partial charge >= 0.3 is 0 Å². The molecular weight excluding hydrogens is 274 g/mol. The van der Waals surface area contributed by atoms with Crippen LogP contribution in [0.2, 0.25) is 0 Å². The third-order valence-electron chi connectivity index (χ3n) is 3.88. The van der Waals surface area contributed by atoms with Gasteiger partial charge in [-0.25, -0.2) is 0 Å². The van der Waals surface area contributed by atoms with Crippen molar-refractivity contribution in [2.24, 2.45) is 0 Å². The van der Waals surface area contributed by atoms with Gasteiger partial charge in [-0.2, -0.15) is 4.98 Å². The highest BCUT2D eigenvalue weighted by molar-refractivity contribution is 5.18. The summed E-state index contributed by atoms with van der Waals surface area (Å²) in [7, 11) is 0. The molecule has 120 valence electrons. The zero-order valence-corrected chi connectivity index (χ0v) is 14.3. The fraction of sp³-hybridized carbons (Fsp3) is 0.556. The van der Waals surface area contributed by atoms with E-state index >= 15 is 0 Å². The van der Waals surface area contributed by atoms with Crippen LogP contribution < -0.4 is 5.32 Å². The van der Waals surface area contributed by atoms with E-state index in [0.29, 0.717) is 11.8 Å². The zero-order valence-electron chi connectivity index (χ0n) is 14.3. The van der Waals surface area contributed by atoms with Gasteiger partial charge in [0.2, 0.25) is 5.89 Å². The first kappa shape index (κ1) is 16.7. The third kappa shape index (κ3) is 4.41. The molecule has 0 radical (unpaired) electrons. The van der Waals surface area contributed by atoms with Crippen molar-refractivity contribution in [3.63, 3.8) is 0 Å². The summed E-state index contributed by atoms with van der Waals surface area (Å²) in [6, 6.07) is 10.7. The molecule has 0 aliphatic rings. The highest BCUT2D eigenvalue weighted by Gasteiger charge is 2.22. The standard InChI is InChI=1S/C18H27N3O/c1-13(15-9-7-6-8-10-15)11-12-19-14(2)16-20-17(21-22-16)18(3,4)5/h6-10,13-14,19H,11-12H2,1-5H3. The molecule has 0 bridgehead atoms. The molecule has 1 aromatic heterocycles. The smallest absolute Gasteiger partial charge is 0.243 e. The molecule has 1 heterocycles. The fourth-order valence-corrected chi connectivity index (χ4v) is 2.27. The third-order valence-corrected chi connectivity index (χ3v) is 3.88. The van der Waals surface area contributed by atoms with Crippen molar-refractivity contribution in [3.05, 3.63) is 47.6 Å². The molecule has 0 spiro atoms. The van der Waals surface area contributed by atoms with E-state index in [1.807, 2.05) is 0 Å². The Bertz CT molecular complexity index is 572. The van der Waals surface area contributed by atoms with Gasteiger partial charge in [0.05, 0.1) is 6.04 Å². The quantitative estimate of drug-likeness (QED) is 0.868. The summed E-state index contributed by atoms with van der Waals surface area (Å²) >= 11 is 0. The highest BCUT2D eigenvalue weighted by Crippen LogP contribution is 2.21. The number of rotatable bonds is 6. The van der Waals surface area contributed by atoms with Crippen LogP contribution >= 0.6 is 0 Å². The van der Waals surface area contributed by atoms with E-state index in [0.717, 1.165) is 18.8 Å². The van der Waals surface area contributed by atoms with E-state index in [4.69, 9.17) is 4.52 Å². The number of hydrogen-bond donors (Lipinski definition) is 1. The second-order valence-electron chi connectivity index (χ2n) is 6.98. The second-order valence-corrected chi connectivity index (χ2v) is 6.98. The Kier molecular flexibility index (Phi) is 5.35. The molecular formula is C18H27N3O. The van der Waals surface area contributed by atoms with Crippen LogP contribution in [0.1, 0.15) is 70.3 Å². The van der Waals surface area contributed by atoms with E-state index in [9.17, 15) is 0 Å². The van der Waals surface area contributed by atoms with E-state index in [1.165, 1.54) is 5.56 Å². The van der Waals surface area contributed by atoms with Gasteiger partial charge in [-0.05, 0) is 31.4 Å². The molecule has 0 saturated heterocycles. The van der Waals surface area contributed by atoms with Crippen LogP contribution in [0.25, 0.3) is 0 Å². The maximum atomic E-state index is 5.37. The lowest BCUT2D eigenvalue weighted by Gasteiger charge is -2.14. The largest absolute Gasteiger partial charge is 0.338 e. The van der Waals surface area contributed by atoms with Gasteiger partial charge in [-0.3, -0.25) is 0 Å². The summed E-state index contributed by atoms with van der Waals surface area (Å²) < 4.78 is 5.37. The van der Waals surface area contributed by atoms with Crippen LogP contribution in [-0.4, -0.2) is 16.7 Å². The maximum absolute atomic E-state index is 5.37. The maximum Gasteiger partial charge on any atom is 0.243 e. The predicted molar refractivity (Wildman–Crippen MR) is 88.9 cm³/mol. The van der Waals surface area contributed by atoms with Gasteiger partial charge in [-0.15, -0.1) is 0 Å². The zero-order chi connectivity index (χ0) is 16.2. The Balaban J connectivity index is 1.83. The molecule has 22 heavy (non-hydrogen) atoms. The van der Waals surface area contributed by atoms with Gasteiger partial charge in [0, 0.05) is 5.41 Å². The molecule has 2 rings (SSSR count). The average molecular weight is 301 g/mol. The minimum absolute atomic E-state index is 0.0755. The molecule has 2 atom stereocenters. The van der Waals surface area contributed by atoms with Gasteiger partial charge in [0.1, 0.15) is 0 Å². The molecule has 2 aromatic rings. The predicted octanol–water partition coefficient (Wildman–Crippen LogP) is 4.21. The minimum Gasteiger partial charge on any atom is -0.338 e. The molecule has 0 aliphatic heterocycles. The Hall–Kier alpha value is -1.68. The topological polar surface area (TPSA) is 51.0 Å². The van der Waals surface area contributed by atoms with Crippen LogP contribution in [0.4, 0.5) is 0 Å². The molecule has 4 nitrogen and oxygen atoms in total. The molecule has 2 unspecified atom stereocenters. The van der Waals surface area contributed by atoms with Gasteiger partial charge in [0.15, 0.2) is 5.82 Å². The van der Waals surface area contributed by atoms with Gasteiger partial charge < -0.3 is 9.84 Å². The normalized spacial score (nSPS) is 14.8. The minimum atomic E-state index is -0.0801. The summed E-state index contributed by atoms with van der Waals surface area (Å²) in [5.74, 6) is 1.96. The number of nitrogens with one attached hydrogen (secondary N) is 1. The highest BCUT2D eigenvalue weighted by atomic mass is 16.5. The lowest BCUT2D eigenvalue weighted by molar-refractivity contribution is 0.330. The van der Waals surface area contributed by atoms with Crippen molar-refractivity contribution in [1.82, 2.24) is 15.5 Å². The van der Waals surface area contributed by atoms with E-state index in [1.54, 1.807) is 0 Å². The van der Waals surface area contributed by atoms with Crippen LogP contribution in [0.3, 0.4) is 0 Å². The first-order valence-corrected chi connectivity index (χ1v) is 8.00. The first-order valence-electron chi connectivity index (χ1n) is 8.00. The Morgan fingerprint density at radius 2 is 1.82 bits per heavy atom. The molecule has 1 aromatic carbocycles. The Morgan fingerprint density at radius 1 is 1.14 bits per heavy atom. The lowest BCUT2D eigenvalue weighted by atomic mass is 9.96. The van der Waals surface area contributed by atoms with Crippen LogP contribution in [-0.2, 0) is 5.41 Å². The van der Waals surface area contributed by atoms with E-state index < -0.39 is 0 Å². The van der Waals surface area contributed by atoms with Crippen LogP contribution in [0.15, 0.2) is 34.9 Å². The molecule has 0 aliphatic carbocycles. The second kappa shape index (κ2) is 7.05.